The highest BCUT2D eigenvalue weighted by molar-refractivity contribution is 5.95. The largest absolute Gasteiger partial charge is 0.461 e. The quantitative estimate of drug-likeness (QED) is 0.636. The third kappa shape index (κ3) is 3.80. The van der Waals surface area contributed by atoms with Crippen molar-refractivity contribution in [2.24, 2.45) is 0 Å². The van der Waals surface area contributed by atoms with Crippen molar-refractivity contribution >= 4 is 18.0 Å². The Hall–Kier alpha value is -2.37. The number of hydrogen-bond donors (Lipinski definition) is 1. The highest BCUT2D eigenvalue weighted by atomic mass is 16.6. The summed E-state index contributed by atoms with van der Waals surface area (Å²) < 4.78 is 9.34. The van der Waals surface area contributed by atoms with E-state index in [1.807, 2.05) is 30.3 Å². The molecule has 6 nitrogen and oxygen atoms in total. The number of nitrogens with one attached hydrogen (secondary N) is 1. The molecule has 1 aromatic carbocycles. The van der Waals surface area contributed by atoms with Crippen molar-refractivity contribution in [1.82, 2.24) is 5.32 Å². The van der Waals surface area contributed by atoms with E-state index in [9.17, 15) is 14.4 Å². The summed E-state index contributed by atoms with van der Waals surface area (Å²) in [6.45, 7) is 0.196. The number of esters is 2. The van der Waals surface area contributed by atoms with Crippen molar-refractivity contribution in [3.63, 3.8) is 0 Å². The van der Waals surface area contributed by atoms with Gasteiger partial charge in [0.15, 0.2) is 0 Å². The number of alkyl carbamates (subject to hydrolysis) is 1. The second kappa shape index (κ2) is 5.99. The van der Waals surface area contributed by atoms with Crippen LogP contribution in [0.25, 0.3) is 0 Å². The Morgan fingerprint density at radius 1 is 1.26 bits per heavy atom. The molecular formula is C13H13NO5. The number of carbonyl (C=O) groups excluding carboxylic acids is 3. The fraction of sp³-hybridized carbons (Fsp3) is 0.308. The van der Waals surface area contributed by atoms with Gasteiger partial charge in [0, 0.05) is 6.42 Å². The van der Waals surface area contributed by atoms with Crippen LogP contribution in [0.1, 0.15) is 18.4 Å². The second-order valence-corrected chi connectivity index (χ2v) is 4.09. The molecule has 0 radical (unpaired) electrons. The number of benzene rings is 1. The van der Waals surface area contributed by atoms with Crippen molar-refractivity contribution in [3.05, 3.63) is 35.9 Å². The molecule has 0 aliphatic carbocycles. The Kier molecular flexibility index (Phi) is 4.12. The van der Waals surface area contributed by atoms with Crippen LogP contribution in [0.3, 0.4) is 0 Å². The maximum absolute atomic E-state index is 11.5. The molecule has 100 valence electrons. The predicted molar refractivity (Wildman–Crippen MR) is 63.9 cm³/mol. The van der Waals surface area contributed by atoms with Crippen LogP contribution < -0.4 is 5.32 Å². The highest BCUT2D eigenvalue weighted by Crippen LogP contribution is 2.08. The van der Waals surface area contributed by atoms with Gasteiger partial charge in [0.1, 0.15) is 12.6 Å². The lowest BCUT2D eigenvalue weighted by Crippen LogP contribution is -2.29. The lowest BCUT2D eigenvalue weighted by atomic mass is 10.1. The maximum Gasteiger partial charge on any atom is 0.415 e. The van der Waals surface area contributed by atoms with Gasteiger partial charge < -0.3 is 14.8 Å². The molecule has 6 heteroatoms. The van der Waals surface area contributed by atoms with Gasteiger partial charge in [-0.3, -0.25) is 4.79 Å². The SMILES string of the molecule is O=C(CC[C@H]1NC(=O)OC1=O)OCc1ccccc1. The highest BCUT2D eigenvalue weighted by Gasteiger charge is 2.32. The van der Waals surface area contributed by atoms with Crippen molar-refractivity contribution < 1.29 is 23.9 Å². The van der Waals surface area contributed by atoms with Gasteiger partial charge in [0.25, 0.3) is 0 Å². The van der Waals surface area contributed by atoms with E-state index in [1.54, 1.807) is 0 Å². The smallest absolute Gasteiger partial charge is 0.415 e. The number of carbonyl (C=O) groups is 3. The zero-order valence-corrected chi connectivity index (χ0v) is 10.1. The van der Waals surface area contributed by atoms with Crippen molar-refractivity contribution in [3.8, 4) is 0 Å². The van der Waals surface area contributed by atoms with Crippen molar-refractivity contribution in [1.29, 1.82) is 0 Å². The fourth-order valence-electron chi connectivity index (χ4n) is 1.66. The molecule has 1 atom stereocenters. The van der Waals surface area contributed by atoms with E-state index in [0.717, 1.165) is 5.56 Å². The first-order valence-electron chi connectivity index (χ1n) is 5.87. The van der Waals surface area contributed by atoms with E-state index in [4.69, 9.17) is 4.74 Å². The van der Waals surface area contributed by atoms with Gasteiger partial charge >= 0.3 is 18.0 Å². The number of amides is 1. The molecule has 1 aromatic rings. The summed E-state index contributed by atoms with van der Waals surface area (Å²) in [6.07, 6.45) is -0.543. The second-order valence-electron chi connectivity index (χ2n) is 4.09. The zero-order valence-electron chi connectivity index (χ0n) is 10.1. The number of ether oxygens (including phenoxy) is 2. The molecule has 0 aromatic heterocycles. The molecule has 0 unspecified atom stereocenters. The maximum atomic E-state index is 11.5. The summed E-state index contributed by atoms with van der Waals surface area (Å²) in [4.78, 5) is 33.3. The van der Waals surface area contributed by atoms with E-state index in [1.165, 1.54) is 0 Å². The van der Waals surface area contributed by atoms with Crippen molar-refractivity contribution in [2.75, 3.05) is 0 Å². The first-order valence-corrected chi connectivity index (χ1v) is 5.87. The van der Waals surface area contributed by atoms with E-state index in [-0.39, 0.29) is 19.4 Å². The van der Waals surface area contributed by atoms with Gasteiger partial charge in [-0.05, 0) is 12.0 Å². The first kappa shape index (κ1) is 13.1. The molecule has 1 N–H and O–H groups in total. The molecule has 1 amide bonds. The third-order valence-corrected chi connectivity index (χ3v) is 2.65. The molecule has 2 rings (SSSR count). The number of cyclic esters (lactones) is 2. The minimum absolute atomic E-state index is 0.0485. The molecular weight excluding hydrogens is 250 g/mol. The molecule has 1 aliphatic rings. The predicted octanol–water partition coefficient (Wildman–Crippen LogP) is 1.14. The Morgan fingerprint density at radius 3 is 2.63 bits per heavy atom. The summed E-state index contributed by atoms with van der Waals surface area (Å²) in [5.41, 5.74) is 0.893. The Bertz CT molecular complexity index is 485. The van der Waals surface area contributed by atoms with Gasteiger partial charge in [0.05, 0.1) is 0 Å². The monoisotopic (exact) mass is 263 g/mol. The fourth-order valence-corrected chi connectivity index (χ4v) is 1.66. The number of hydrogen-bond acceptors (Lipinski definition) is 5. The summed E-state index contributed by atoms with van der Waals surface area (Å²) in [6, 6.07) is 8.53. The Balaban J connectivity index is 1.70. The van der Waals surface area contributed by atoms with E-state index < -0.39 is 24.1 Å². The van der Waals surface area contributed by atoms with E-state index in [0.29, 0.717) is 0 Å². The van der Waals surface area contributed by atoms with Crippen LogP contribution in [0.2, 0.25) is 0 Å². The van der Waals surface area contributed by atoms with Crippen LogP contribution in [0.4, 0.5) is 4.79 Å². The van der Waals surface area contributed by atoms with Crippen LogP contribution in [0.15, 0.2) is 30.3 Å². The van der Waals surface area contributed by atoms with Crippen LogP contribution in [-0.2, 0) is 25.7 Å². The molecule has 0 saturated carbocycles. The van der Waals surface area contributed by atoms with Crippen LogP contribution >= 0.6 is 0 Å². The normalized spacial score (nSPS) is 17.8. The Labute approximate surface area is 109 Å². The number of rotatable bonds is 5. The van der Waals surface area contributed by atoms with Gasteiger partial charge in [-0.15, -0.1) is 0 Å². The molecule has 1 heterocycles. The van der Waals surface area contributed by atoms with Crippen LogP contribution in [-0.4, -0.2) is 24.1 Å². The Morgan fingerprint density at radius 2 is 2.00 bits per heavy atom. The average molecular weight is 263 g/mol. The van der Waals surface area contributed by atoms with Crippen LogP contribution in [0.5, 0.6) is 0 Å². The van der Waals surface area contributed by atoms with E-state index in [2.05, 4.69) is 10.1 Å². The first-order chi connectivity index (χ1) is 9.15. The van der Waals surface area contributed by atoms with Crippen molar-refractivity contribution in [2.45, 2.75) is 25.5 Å². The standard InChI is InChI=1S/C13H13NO5/c15-11(18-8-9-4-2-1-3-5-9)7-6-10-12(16)19-13(17)14-10/h1-5,10H,6-8H2,(H,14,17)/t10-/m1/s1. The molecule has 19 heavy (non-hydrogen) atoms. The molecule has 0 spiro atoms. The lowest BCUT2D eigenvalue weighted by molar-refractivity contribution is -0.145. The molecule has 1 saturated heterocycles. The summed E-state index contributed by atoms with van der Waals surface area (Å²) in [7, 11) is 0. The van der Waals surface area contributed by atoms with Crippen LogP contribution in [0, 0.1) is 0 Å². The molecule has 0 bridgehead atoms. The summed E-state index contributed by atoms with van der Waals surface area (Å²) >= 11 is 0. The molecule has 1 fully saturated rings. The lowest BCUT2D eigenvalue weighted by Gasteiger charge is -2.06. The zero-order chi connectivity index (χ0) is 13.7. The third-order valence-electron chi connectivity index (χ3n) is 2.65. The van der Waals surface area contributed by atoms with Gasteiger partial charge in [0.2, 0.25) is 0 Å². The van der Waals surface area contributed by atoms with Gasteiger partial charge in [-0.2, -0.15) is 0 Å². The minimum atomic E-state index is -0.771. The van der Waals surface area contributed by atoms with Gasteiger partial charge in [-0.1, -0.05) is 30.3 Å². The van der Waals surface area contributed by atoms with E-state index >= 15 is 0 Å². The van der Waals surface area contributed by atoms with Gasteiger partial charge in [-0.25, -0.2) is 9.59 Å². The summed E-state index contributed by atoms with van der Waals surface area (Å²) in [5.74, 6) is -1.07. The summed E-state index contributed by atoms with van der Waals surface area (Å²) in [5, 5.41) is 2.31. The average Bonchev–Trinajstić information content (AvgIpc) is 2.73. The minimum Gasteiger partial charge on any atom is -0.461 e. The molecule has 1 aliphatic heterocycles. The topological polar surface area (TPSA) is 81.7 Å².